The second kappa shape index (κ2) is 10.5. The summed E-state index contributed by atoms with van der Waals surface area (Å²) in [5.41, 5.74) is 0.509. The Morgan fingerprint density at radius 3 is 2.47 bits per heavy atom. The van der Waals surface area contributed by atoms with Gasteiger partial charge in [0.05, 0.1) is 24.7 Å². The van der Waals surface area contributed by atoms with Crippen molar-refractivity contribution in [1.29, 1.82) is 0 Å². The molecular weight excluding hydrogens is 434 g/mol. The number of anilines is 1. The lowest BCUT2D eigenvalue weighted by atomic mass is 10.2. The van der Waals surface area contributed by atoms with E-state index in [1.807, 2.05) is 6.92 Å². The first-order valence-corrected chi connectivity index (χ1v) is 11.8. The van der Waals surface area contributed by atoms with Crippen LogP contribution in [0.2, 0.25) is 0 Å². The van der Waals surface area contributed by atoms with Crippen molar-refractivity contribution in [2.75, 3.05) is 37.6 Å². The number of carbonyl (C=O) groups excluding carboxylic acids is 2. The zero-order valence-electron chi connectivity index (χ0n) is 18.0. The number of nitrogens with zero attached hydrogens (tertiary/aromatic N) is 1. The van der Waals surface area contributed by atoms with Crippen LogP contribution in [0, 0.1) is 0 Å². The van der Waals surface area contributed by atoms with Gasteiger partial charge >= 0.3 is 0 Å². The summed E-state index contributed by atoms with van der Waals surface area (Å²) in [5.74, 6) is -0.102. The number of benzene rings is 2. The highest BCUT2D eigenvalue weighted by molar-refractivity contribution is 7.92. The standard InChI is InChI=1S/C22H27N3O6S/c1-3-31-19-9-7-18(8-10-19)24-32(28,29)20-6-4-5-17(15-20)21(26)23-16(2)22(27)25-11-13-30-14-12-25/h4-10,15-16,24H,3,11-14H2,1-2H3,(H,23,26). The van der Waals surface area contributed by atoms with Crippen LogP contribution in [0.15, 0.2) is 53.4 Å². The molecule has 2 aromatic carbocycles. The van der Waals surface area contributed by atoms with Gasteiger partial charge in [-0.25, -0.2) is 8.42 Å². The van der Waals surface area contributed by atoms with Crippen LogP contribution in [0.3, 0.4) is 0 Å². The first-order chi connectivity index (χ1) is 15.3. The molecule has 1 unspecified atom stereocenters. The van der Waals surface area contributed by atoms with Gasteiger partial charge in [0.25, 0.3) is 15.9 Å². The Balaban J connectivity index is 1.67. The van der Waals surface area contributed by atoms with Crippen LogP contribution in [-0.4, -0.2) is 64.1 Å². The third-order valence-corrected chi connectivity index (χ3v) is 6.24. The fourth-order valence-corrected chi connectivity index (χ4v) is 4.31. The van der Waals surface area contributed by atoms with Gasteiger partial charge in [-0.1, -0.05) is 6.07 Å². The van der Waals surface area contributed by atoms with Crippen LogP contribution in [0.1, 0.15) is 24.2 Å². The van der Waals surface area contributed by atoms with Gasteiger partial charge < -0.3 is 19.7 Å². The Labute approximate surface area is 187 Å². The van der Waals surface area contributed by atoms with Crippen LogP contribution < -0.4 is 14.8 Å². The molecule has 172 valence electrons. The molecule has 3 rings (SSSR count). The van der Waals surface area contributed by atoms with E-state index in [0.717, 1.165) is 0 Å². The lowest BCUT2D eigenvalue weighted by Gasteiger charge is -2.29. The predicted octanol–water partition coefficient (Wildman–Crippen LogP) is 1.86. The van der Waals surface area contributed by atoms with Crippen molar-refractivity contribution in [2.24, 2.45) is 0 Å². The molecule has 0 aromatic heterocycles. The van der Waals surface area contributed by atoms with E-state index in [9.17, 15) is 18.0 Å². The number of nitrogens with one attached hydrogen (secondary N) is 2. The second-order valence-corrected chi connectivity index (χ2v) is 8.91. The molecule has 0 radical (unpaired) electrons. The smallest absolute Gasteiger partial charge is 0.261 e. The molecule has 1 atom stereocenters. The van der Waals surface area contributed by atoms with Gasteiger partial charge in [0.15, 0.2) is 0 Å². The highest BCUT2D eigenvalue weighted by atomic mass is 32.2. The maximum absolute atomic E-state index is 12.8. The topological polar surface area (TPSA) is 114 Å². The quantitative estimate of drug-likeness (QED) is 0.620. The van der Waals surface area contributed by atoms with E-state index < -0.39 is 22.0 Å². The Morgan fingerprint density at radius 2 is 1.81 bits per heavy atom. The monoisotopic (exact) mass is 461 g/mol. The minimum atomic E-state index is -3.92. The first-order valence-electron chi connectivity index (χ1n) is 10.3. The molecule has 2 N–H and O–H groups in total. The molecule has 1 heterocycles. The molecule has 32 heavy (non-hydrogen) atoms. The highest BCUT2D eigenvalue weighted by Crippen LogP contribution is 2.20. The van der Waals surface area contributed by atoms with E-state index in [1.54, 1.807) is 36.1 Å². The molecular formula is C22H27N3O6S. The van der Waals surface area contributed by atoms with Crippen LogP contribution in [0.25, 0.3) is 0 Å². The normalized spacial score (nSPS) is 15.0. The molecule has 0 bridgehead atoms. The van der Waals surface area contributed by atoms with Crippen molar-refractivity contribution in [1.82, 2.24) is 10.2 Å². The summed E-state index contributed by atoms with van der Waals surface area (Å²) >= 11 is 0. The number of ether oxygens (including phenoxy) is 2. The van der Waals surface area contributed by atoms with E-state index >= 15 is 0 Å². The molecule has 9 nitrogen and oxygen atoms in total. The Kier molecular flexibility index (Phi) is 7.70. The summed E-state index contributed by atoms with van der Waals surface area (Å²) in [5, 5.41) is 2.64. The van der Waals surface area contributed by atoms with Crippen molar-refractivity contribution < 1.29 is 27.5 Å². The number of morpholine rings is 1. The lowest BCUT2D eigenvalue weighted by Crippen LogP contribution is -2.50. The van der Waals surface area contributed by atoms with Gasteiger partial charge in [0.2, 0.25) is 5.91 Å². The Bertz CT molecular complexity index is 1050. The molecule has 10 heteroatoms. The van der Waals surface area contributed by atoms with Crippen molar-refractivity contribution in [3.8, 4) is 5.75 Å². The lowest BCUT2D eigenvalue weighted by molar-refractivity contribution is -0.136. The largest absolute Gasteiger partial charge is 0.494 e. The van der Waals surface area contributed by atoms with Crippen molar-refractivity contribution in [3.63, 3.8) is 0 Å². The molecule has 2 amide bonds. The van der Waals surface area contributed by atoms with E-state index in [2.05, 4.69) is 10.0 Å². The minimum Gasteiger partial charge on any atom is -0.494 e. The number of carbonyl (C=O) groups is 2. The highest BCUT2D eigenvalue weighted by Gasteiger charge is 2.24. The van der Waals surface area contributed by atoms with Crippen molar-refractivity contribution in [2.45, 2.75) is 24.8 Å². The van der Waals surface area contributed by atoms with E-state index in [0.29, 0.717) is 44.3 Å². The maximum Gasteiger partial charge on any atom is 0.261 e. The SMILES string of the molecule is CCOc1ccc(NS(=O)(=O)c2cccc(C(=O)NC(C)C(=O)N3CCOCC3)c2)cc1. The third kappa shape index (κ3) is 5.98. The number of sulfonamides is 1. The molecule has 2 aromatic rings. The molecule has 1 aliphatic heterocycles. The zero-order chi connectivity index (χ0) is 23.1. The van der Waals surface area contributed by atoms with Gasteiger partial charge in [0, 0.05) is 24.3 Å². The predicted molar refractivity (Wildman–Crippen MR) is 119 cm³/mol. The number of hydrogen-bond acceptors (Lipinski definition) is 6. The van der Waals surface area contributed by atoms with Gasteiger partial charge in [-0.2, -0.15) is 0 Å². The van der Waals surface area contributed by atoms with Crippen molar-refractivity contribution >= 4 is 27.5 Å². The van der Waals surface area contributed by atoms with Crippen LogP contribution in [0.4, 0.5) is 5.69 Å². The molecule has 1 fully saturated rings. The summed E-state index contributed by atoms with van der Waals surface area (Å²) in [4.78, 5) is 26.7. The van der Waals surface area contributed by atoms with E-state index in [4.69, 9.17) is 9.47 Å². The van der Waals surface area contributed by atoms with Crippen LogP contribution in [-0.2, 0) is 19.6 Å². The number of rotatable bonds is 8. The molecule has 0 aliphatic carbocycles. The summed E-state index contributed by atoms with van der Waals surface area (Å²) in [6.07, 6.45) is 0. The Hall–Kier alpha value is -3.11. The molecule has 1 aliphatic rings. The summed E-state index contributed by atoms with van der Waals surface area (Å²) < 4.78 is 38.6. The molecule has 0 spiro atoms. The Morgan fingerprint density at radius 1 is 1.12 bits per heavy atom. The fraction of sp³-hybridized carbons (Fsp3) is 0.364. The minimum absolute atomic E-state index is 0.0637. The summed E-state index contributed by atoms with van der Waals surface area (Å²) in [7, 11) is -3.92. The number of amides is 2. The maximum atomic E-state index is 12.8. The van der Waals surface area contributed by atoms with Crippen molar-refractivity contribution in [3.05, 3.63) is 54.1 Å². The van der Waals surface area contributed by atoms with E-state index in [1.165, 1.54) is 24.3 Å². The molecule has 0 saturated carbocycles. The summed E-state index contributed by atoms with van der Waals surface area (Å²) in [6, 6.07) is 11.4. The zero-order valence-corrected chi connectivity index (χ0v) is 18.9. The number of hydrogen-bond donors (Lipinski definition) is 2. The third-order valence-electron chi connectivity index (χ3n) is 4.86. The second-order valence-electron chi connectivity index (χ2n) is 7.22. The van der Waals surface area contributed by atoms with E-state index in [-0.39, 0.29) is 16.4 Å². The van der Waals surface area contributed by atoms with Gasteiger partial charge in [-0.15, -0.1) is 0 Å². The summed E-state index contributed by atoms with van der Waals surface area (Å²) in [6.45, 7) is 5.86. The van der Waals surface area contributed by atoms with Gasteiger partial charge in [-0.3, -0.25) is 14.3 Å². The average Bonchev–Trinajstić information content (AvgIpc) is 2.80. The fourth-order valence-electron chi connectivity index (χ4n) is 3.20. The van der Waals surface area contributed by atoms with Crippen LogP contribution >= 0.6 is 0 Å². The van der Waals surface area contributed by atoms with Gasteiger partial charge in [0.1, 0.15) is 11.8 Å². The van der Waals surface area contributed by atoms with Crippen LogP contribution in [0.5, 0.6) is 5.75 Å². The first kappa shape index (κ1) is 23.6. The average molecular weight is 462 g/mol. The molecule has 1 saturated heterocycles. The van der Waals surface area contributed by atoms with Gasteiger partial charge in [-0.05, 0) is 56.3 Å².